The van der Waals surface area contributed by atoms with E-state index in [2.05, 4.69) is 10.9 Å². The number of hydrogen-bond donors (Lipinski definition) is 3. The molecular weight excluding hydrogens is 367 g/mol. The Bertz CT molecular complexity index is 820. The molecule has 2 aromatic carbocycles. The van der Waals surface area contributed by atoms with Crippen molar-refractivity contribution in [2.24, 2.45) is 0 Å². The minimum atomic E-state index is -1.23. The van der Waals surface area contributed by atoms with E-state index in [4.69, 9.17) is 27.9 Å². The summed E-state index contributed by atoms with van der Waals surface area (Å²) < 4.78 is 5.02. The van der Waals surface area contributed by atoms with Gasteiger partial charge in [-0.3, -0.25) is 15.6 Å². The molecule has 3 N–H and O–H groups in total. The Morgan fingerprint density at radius 2 is 1.80 bits per heavy atom. The number of carboxylic acids is 1. The van der Waals surface area contributed by atoms with E-state index in [1.165, 1.54) is 13.2 Å². The summed E-state index contributed by atoms with van der Waals surface area (Å²) in [6.45, 7) is 0. The van der Waals surface area contributed by atoms with Crippen LogP contribution in [-0.4, -0.2) is 24.1 Å². The minimum Gasteiger partial charge on any atom is -0.497 e. The number of halogens is 2. The number of aliphatic carboxylic acids is 1. The molecule has 0 aliphatic rings. The zero-order valence-corrected chi connectivity index (χ0v) is 14.6. The van der Waals surface area contributed by atoms with Crippen LogP contribution in [0.15, 0.2) is 48.5 Å². The molecule has 0 aromatic heterocycles. The largest absolute Gasteiger partial charge is 0.497 e. The van der Waals surface area contributed by atoms with Gasteiger partial charge in [-0.2, -0.15) is 0 Å². The summed E-state index contributed by atoms with van der Waals surface area (Å²) in [4.78, 5) is 23.4. The van der Waals surface area contributed by atoms with Crippen LogP contribution in [0.2, 0.25) is 10.0 Å². The number of hydrogen-bond acceptors (Lipinski definition) is 4. The van der Waals surface area contributed by atoms with Crippen LogP contribution in [0.5, 0.6) is 5.75 Å². The van der Waals surface area contributed by atoms with E-state index >= 15 is 0 Å². The van der Waals surface area contributed by atoms with Crippen molar-refractivity contribution < 1.29 is 19.4 Å². The van der Waals surface area contributed by atoms with Gasteiger partial charge in [0.2, 0.25) is 0 Å². The lowest BCUT2D eigenvalue weighted by Gasteiger charge is -2.09. The number of ether oxygens (including phenoxy) is 1. The average molecular weight is 381 g/mol. The van der Waals surface area contributed by atoms with E-state index in [-0.39, 0.29) is 5.57 Å². The molecule has 0 aliphatic heterocycles. The van der Waals surface area contributed by atoms with Crippen LogP contribution in [-0.2, 0) is 9.59 Å². The second-order valence-electron chi connectivity index (χ2n) is 4.83. The average Bonchev–Trinajstić information content (AvgIpc) is 2.59. The Balaban J connectivity index is 2.13. The smallest absolute Gasteiger partial charge is 0.336 e. The zero-order valence-electron chi connectivity index (χ0n) is 13.0. The Morgan fingerprint density at radius 1 is 1.12 bits per heavy atom. The molecule has 0 unspecified atom stereocenters. The summed E-state index contributed by atoms with van der Waals surface area (Å²) >= 11 is 11.8. The molecule has 2 aromatic rings. The van der Waals surface area contributed by atoms with E-state index in [0.717, 1.165) is 6.08 Å². The fourth-order valence-electron chi connectivity index (χ4n) is 1.93. The maximum atomic E-state index is 12.0. The van der Waals surface area contributed by atoms with E-state index < -0.39 is 11.9 Å². The first-order valence-electron chi connectivity index (χ1n) is 7.01. The second-order valence-corrected chi connectivity index (χ2v) is 5.67. The van der Waals surface area contributed by atoms with Crippen LogP contribution in [0.1, 0.15) is 5.56 Å². The number of benzene rings is 2. The summed E-state index contributed by atoms with van der Waals surface area (Å²) in [5, 5.41) is 10.1. The molecule has 0 saturated heterocycles. The summed E-state index contributed by atoms with van der Waals surface area (Å²) in [5.41, 5.74) is 5.59. The highest BCUT2D eigenvalue weighted by atomic mass is 35.5. The second kappa shape index (κ2) is 8.41. The van der Waals surface area contributed by atoms with Crippen LogP contribution in [0.3, 0.4) is 0 Å². The summed E-state index contributed by atoms with van der Waals surface area (Å²) in [7, 11) is 1.50. The van der Waals surface area contributed by atoms with Gasteiger partial charge >= 0.3 is 5.97 Å². The number of anilines is 1. The Kier molecular flexibility index (Phi) is 6.27. The number of nitrogens with one attached hydrogen (secondary N) is 2. The highest BCUT2D eigenvalue weighted by molar-refractivity contribution is 6.36. The van der Waals surface area contributed by atoms with Crippen LogP contribution in [0, 0.1) is 0 Å². The summed E-state index contributed by atoms with van der Waals surface area (Å²) in [6, 6.07) is 11.0. The van der Waals surface area contributed by atoms with Crippen molar-refractivity contribution >= 4 is 46.3 Å². The predicted octanol–water partition coefficient (Wildman–Crippen LogP) is 3.61. The van der Waals surface area contributed by atoms with Gasteiger partial charge in [0.15, 0.2) is 0 Å². The quantitative estimate of drug-likeness (QED) is 0.526. The van der Waals surface area contributed by atoms with Crippen molar-refractivity contribution in [2.75, 3.05) is 12.5 Å². The van der Waals surface area contributed by atoms with Crippen LogP contribution in [0.25, 0.3) is 5.57 Å². The zero-order chi connectivity index (χ0) is 18.4. The number of hydrazine groups is 1. The van der Waals surface area contributed by atoms with E-state index in [9.17, 15) is 14.7 Å². The minimum absolute atomic E-state index is 0.163. The molecule has 0 atom stereocenters. The van der Waals surface area contributed by atoms with Crippen molar-refractivity contribution in [2.45, 2.75) is 0 Å². The first kappa shape index (κ1) is 18.6. The highest BCUT2D eigenvalue weighted by Crippen LogP contribution is 2.24. The molecule has 0 bridgehead atoms. The Labute approximate surface area is 154 Å². The third-order valence-corrected chi connectivity index (χ3v) is 3.71. The molecule has 0 heterocycles. The number of amides is 1. The third kappa shape index (κ3) is 5.14. The summed E-state index contributed by atoms with van der Waals surface area (Å²) in [6.07, 6.45) is 0.973. The van der Waals surface area contributed by atoms with E-state index in [1.54, 1.807) is 36.4 Å². The maximum absolute atomic E-state index is 12.0. The van der Waals surface area contributed by atoms with Crippen molar-refractivity contribution in [3.05, 3.63) is 64.1 Å². The molecule has 1 amide bonds. The number of carbonyl (C=O) groups excluding carboxylic acids is 1. The third-order valence-electron chi connectivity index (χ3n) is 3.16. The van der Waals surface area contributed by atoms with Gasteiger partial charge in [0.25, 0.3) is 5.91 Å². The van der Waals surface area contributed by atoms with Crippen LogP contribution < -0.4 is 15.6 Å². The molecular formula is C17H14Cl2N2O4. The maximum Gasteiger partial charge on any atom is 0.336 e. The van der Waals surface area contributed by atoms with Gasteiger partial charge in [-0.25, -0.2) is 4.79 Å². The number of rotatable bonds is 6. The van der Waals surface area contributed by atoms with Crippen LogP contribution in [0.4, 0.5) is 5.69 Å². The first-order chi connectivity index (χ1) is 11.9. The molecule has 0 radical (unpaired) electrons. The molecule has 25 heavy (non-hydrogen) atoms. The Morgan fingerprint density at radius 3 is 2.36 bits per heavy atom. The summed E-state index contributed by atoms with van der Waals surface area (Å²) in [5.74, 6) is -1.30. The molecule has 6 nitrogen and oxygen atoms in total. The van der Waals surface area contributed by atoms with Crippen molar-refractivity contribution in [1.29, 1.82) is 0 Å². The number of carboxylic acid groups (broad SMARTS) is 1. The normalized spacial score (nSPS) is 10.9. The fraction of sp³-hybridized carbons (Fsp3) is 0.0588. The van der Waals surface area contributed by atoms with Gasteiger partial charge in [0.05, 0.1) is 23.4 Å². The predicted molar refractivity (Wildman–Crippen MR) is 96.8 cm³/mol. The lowest BCUT2D eigenvalue weighted by atomic mass is 10.1. The van der Waals surface area contributed by atoms with Crippen LogP contribution >= 0.6 is 23.2 Å². The van der Waals surface area contributed by atoms with Gasteiger partial charge in [0.1, 0.15) is 5.75 Å². The molecule has 0 spiro atoms. The lowest BCUT2D eigenvalue weighted by Crippen LogP contribution is -2.28. The van der Waals surface area contributed by atoms with Crippen molar-refractivity contribution in [3.63, 3.8) is 0 Å². The fourth-order valence-corrected chi connectivity index (χ4v) is 2.38. The van der Waals surface area contributed by atoms with Gasteiger partial charge < -0.3 is 9.84 Å². The van der Waals surface area contributed by atoms with E-state index in [1.807, 2.05) is 0 Å². The van der Waals surface area contributed by atoms with Crippen molar-refractivity contribution in [3.8, 4) is 5.75 Å². The molecule has 0 aliphatic carbocycles. The van der Waals surface area contributed by atoms with Gasteiger partial charge in [-0.15, -0.1) is 0 Å². The van der Waals surface area contributed by atoms with E-state index in [0.29, 0.717) is 27.0 Å². The molecule has 8 heteroatoms. The number of methoxy groups -OCH3 is 1. The lowest BCUT2D eigenvalue weighted by molar-refractivity contribution is -0.130. The first-order valence-corrected chi connectivity index (χ1v) is 7.76. The van der Waals surface area contributed by atoms with Crippen molar-refractivity contribution in [1.82, 2.24) is 5.43 Å². The molecule has 0 fully saturated rings. The SMILES string of the molecule is COc1ccc(C(=CC(=O)NNc2ccc(Cl)cc2Cl)C(=O)O)cc1. The molecule has 0 saturated carbocycles. The topological polar surface area (TPSA) is 87.7 Å². The standard InChI is InChI=1S/C17H14Cl2N2O4/c1-25-12-5-2-10(3-6-12)13(17(23)24)9-16(22)21-20-15-7-4-11(18)8-14(15)19/h2-9,20H,1H3,(H,21,22)(H,23,24). The molecule has 2 rings (SSSR count). The van der Waals surface area contributed by atoms with Gasteiger partial charge in [-0.1, -0.05) is 35.3 Å². The Hall–Kier alpha value is -2.70. The molecule has 130 valence electrons. The number of carbonyl (C=O) groups is 2. The van der Waals surface area contributed by atoms with Gasteiger partial charge in [-0.05, 0) is 35.9 Å². The monoisotopic (exact) mass is 380 g/mol. The highest BCUT2D eigenvalue weighted by Gasteiger charge is 2.13. The van der Waals surface area contributed by atoms with Gasteiger partial charge in [0, 0.05) is 11.1 Å².